The molecule has 1 aromatic heterocycles. The highest BCUT2D eigenvalue weighted by Crippen LogP contribution is 2.04. The molecular formula is C11H21N3O2. The van der Waals surface area contributed by atoms with Crippen molar-refractivity contribution in [3.05, 3.63) is 11.9 Å². The number of hydrogen-bond acceptors (Lipinski definition) is 4. The molecule has 0 radical (unpaired) electrons. The van der Waals surface area contributed by atoms with Gasteiger partial charge in [0.25, 0.3) is 0 Å². The third kappa shape index (κ3) is 4.72. The second-order valence-corrected chi connectivity index (χ2v) is 4.47. The highest BCUT2D eigenvalue weighted by Gasteiger charge is 2.08. The van der Waals surface area contributed by atoms with Crippen LogP contribution in [-0.4, -0.2) is 39.9 Å². The molecule has 0 aliphatic carbocycles. The summed E-state index contributed by atoms with van der Waals surface area (Å²) in [5.74, 6) is 0.659. The maximum Gasteiger partial charge on any atom is 0.0853 e. The summed E-state index contributed by atoms with van der Waals surface area (Å²) in [6.45, 7) is 5.57. The van der Waals surface area contributed by atoms with Gasteiger partial charge in [-0.05, 0) is 12.3 Å². The molecule has 0 aliphatic rings. The van der Waals surface area contributed by atoms with Gasteiger partial charge < -0.3 is 9.84 Å². The van der Waals surface area contributed by atoms with E-state index in [2.05, 4.69) is 24.2 Å². The van der Waals surface area contributed by atoms with Gasteiger partial charge in [0.1, 0.15) is 0 Å². The molecule has 1 aromatic rings. The fraction of sp³-hybridized carbons (Fsp3) is 0.818. The third-order valence-corrected chi connectivity index (χ3v) is 2.33. The molecule has 0 aliphatic heterocycles. The van der Waals surface area contributed by atoms with E-state index in [-0.39, 0.29) is 0 Å². The van der Waals surface area contributed by atoms with E-state index < -0.39 is 6.10 Å². The van der Waals surface area contributed by atoms with Gasteiger partial charge in [0.15, 0.2) is 0 Å². The molecule has 0 unspecified atom stereocenters. The van der Waals surface area contributed by atoms with Crippen molar-refractivity contribution in [1.82, 2.24) is 15.0 Å². The Morgan fingerprint density at radius 2 is 2.25 bits per heavy atom. The summed E-state index contributed by atoms with van der Waals surface area (Å²) in [4.78, 5) is 0. The molecule has 16 heavy (non-hydrogen) atoms. The van der Waals surface area contributed by atoms with Crippen molar-refractivity contribution in [2.75, 3.05) is 13.7 Å². The van der Waals surface area contributed by atoms with Crippen LogP contribution in [-0.2, 0) is 17.7 Å². The lowest BCUT2D eigenvalue weighted by Gasteiger charge is -2.05. The number of ether oxygens (including phenoxy) is 1. The third-order valence-electron chi connectivity index (χ3n) is 2.33. The molecular weight excluding hydrogens is 206 g/mol. The largest absolute Gasteiger partial charge is 0.390 e. The second kappa shape index (κ2) is 6.60. The molecule has 0 saturated carbocycles. The molecule has 0 fully saturated rings. The summed E-state index contributed by atoms with van der Waals surface area (Å²) in [6.07, 6.45) is 2.97. The minimum absolute atomic E-state index is 0.332. The van der Waals surface area contributed by atoms with Gasteiger partial charge in [-0.25, -0.2) is 0 Å². The summed E-state index contributed by atoms with van der Waals surface area (Å²) in [5.41, 5.74) is 0.813. The van der Waals surface area contributed by atoms with Crippen molar-refractivity contribution < 1.29 is 9.84 Å². The fourth-order valence-electron chi connectivity index (χ4n) is 1.42. The van der Waals surface area contributed by atoms with Crippen LogP contribution >= 0.6 is 0 Å². The van der Waals surface area contributed by atoms with E-state index in [0.717, 1.165) is 18.7 Å². The Labute approximate surface area is 96.4 Å². The Hall–Kier alpha value is -0.940. The summed E-state index contributed by atoms with van der Waals surface area (Å²) in [5, 5.41) is 17.6. The van der Waals surface area contributed by atoms with Gasteiger partial charge in [-0.1, -0.05) is 19.1 Å². The van der Waals surface area contributed by atoms with Crippen molar-refractivity contribution in [3.63, 3.8) is 0 Å². The SMILES string of the molecule is COC[C@@H](O)Cc1cn(CCC(C)C)nn1. The van der Waals surface area contributed by atoms with Gasteiger partial charge in [0, 0.05) is 26.3 Å². The lowest BCUT2D eigenvalue weighted by Crippen LogP contribution is -2.17. The highest BCUT2D eigenvalue weighted by atomic mass is 16.5. The number of hydrogen-bond donors (Lipinski definition) is 1. The van der Waals surface area contributed by atoms with Crippen LogP contribution in [0.1, 0.15) is 26.0 Å². The van der Waals surface area contributed by atoms with Crippen LogP contribution in [0.4, 0.5) is 0 Å². The molecule has 5 nitrogen and oxygen atoms in total. The lowest BCUT2D eigenvalue weighted by molar-refractivity contribution is 0.0644. The number of aromatic nitrogens is 3. The Bertz CT molecular complexity index is 299. The number of aliphatic hydroxyl groups excluding tert-OH is 1. The molecule has 0 bridgehead atoms. The molecule has 0 aromatic carbocycles. The van der Waals surface area contributed by atoms with Crippen molar-refractivity contribution in [2.24, 2.45) is 5.92 Å². The van der Waals surface area contributed by atoms with E-state index >= 15 is 0 Å². The van der Waals surface area contributed by atoms with E-state index in [1.807, 2.05) is 10.9 Å². The van der Waals surface area contributed by atoms with Gasteiger partial charge >= 0.3 is 0 Å². The molecule has 5 heteroatoms. The Kier molecular flexibility index (Phi) is 5.42. The maximum atomic E-state index is 9.53. The monoisotopic (exact) mass is 227 g/mol. The topological polar surface area (TPSA) is 60.2 Å². The Morgan fingerprint density at radius 3 is 2.88 bits per heavy atom. The van der Waals surface area contributed by atoms with Crippen LogP contribution in [0, 0.1) is 5.92 Å². The zero-order valence-corrected chi connectivity index (χ0v) is 10.3. The number of rotatable bonds is 7. The summed E-state index contributed by atoms with van der Waals surface area (Å²) in [6, 6.07) is 0. The van der Waals surface area contributed by atoms with Gasteiger partial charge in [0.05, 0.1) is 18.4 Å². The average molecular weight is 227 g/mol. The normalized spacial score (nSPS) is 13.3. The van der Waals surface area contributed by atoms with Crippen LogP contribution in [0.15, 0.2) is 6.20 Å². The molecule has 0 amide bonds. The van der Waals surface area contributed by atoms with Crippen LogP contribution in [0.5, 0.6) is 0 Å². The van der Waals surface area contributed by atoms with Crippen LogP contribution < -0.4 is 0 Å². The maximum absolute atomic E-state index is 9.53. The molecule has 1 heterocycles. The van der Waals surface area contributed by atoms with Gasteiger partial charge in [-0.15, -0.1) is 5.10 Å². The zero-order valence-electron chi connectivity index (χ0n) is 10.3. The molecule has 0 spiro atoms. The number of methoxy groups -OCH3 is 1. The molecule has 0 saturated heterocycles. The van der Waals surface area contributed by atoms with Crippen LogP contribution in [0.2, 0.25) is 0 Å². The molecule has 1 atom stereocenters. The highest BCUT2D eigenvalue weighted by molar-refractivity contribution is 4.94. The van der Waals surface area contributed by atoms with E-state index in [4.69, 9.17) is 4.74 Å². The number of aliphatic hydroxyl groups is 1. The van der Waals surface area contributed by atoms with Crippen LogP contribution in [0.25, 0.3) is 0 Å². The summed E-state index contributed by atoms with van der Waals surface area (Å²) < 4.78 is 6.68. The predicted octanol–water partition coefficient (Wildman–Crippen LogP) is 0.874. The van der Waals surface area contributed by atoms with Gasteiger partial charge in [-0.3, -0.25) is 4.68 Å². The second-order valence-electron chi connectivity index (χ2n) is 4.47. The minimum atomic E-state index is -0.500. The first kappa shape index (κ1) is 13.1. The summed E-state index contributed by atoms with van der Waals surface area (Å²) in [7, 11) is 1.57. The van der Waals surface area contributed by atoms with E-state index in [1.54, 1.807) is 7.11 Å². The molecule has 92 valence electrons. The van der Waals surface area contributed by atoms with E-state index in [1.165, 1.54) is 0 Å². The Balaban J connectivity index is 2.39. The van der Waals surface area contributed by atoms with Gasteiger partial charge in [-0.2, -0.15) is 0 Å². The number of aryl methyl sites for hydroxylation is 1. The quantitative estimate of drug-likeness (QED) is 0.751. The molecule has 1 N–H and O–H groups in total. The Morgan fingerprint density at radius 1 is 1.50 bits per heavy atom. The first-order valence-corrected chi connectivity index (χ1v) is 5.67. The first-order valence-electron chi connectivity index (χ1n) is 5.67. The van der Waals surface area contributed by atoms with Crippen molar-refractivity contribution in [1.29, 1.82) is 0 Å². The fourth-order valence-corrected chi connectivity index (χ4v) is 1.42. The van der Waals surface area contributed by atoms with Crippen LogP contribution in [0.3, 0.4) is 0 Å². The smallest absolute Gasteiger partial charge is 0.0853 e. The average Bonchev–Trinajstić information content (AvgIpc) is 2.63. The minimum Gasteiger partial charge on any atom is -0.390 e. The van der Waals surface area contributed by atoms with Crippen molar-refractivity contribution in [2.45, 2.75) is 39.3 Å². The number of nitrogens with zero attached hydrogens (tertiary/aromatic N) is 3. The van der Waals surface area contributed by atoms with E-state index in [9.17, 15) is 5.11 Å². The zero-order chi connectivity index (χ0) is 12.0. The molecule has 1 rings (SSSR count). The first-order chi connectivity index (χ1) is 7.61. The van der Waals surface area contributed by atoms with Crippen molar-refractivity contribution in [3.8, 4) is 0 Å². The van der Waals surface area contributed by atoms with E-state index in [0.29, 0.717) is 18.9 Å². The predicted molar refractivity (Wildman–Crippen MR) is 61.1 cm³/mol. The summed E-state index contributed by atoms with van der Waals surface area (Å²) >= 11 is 0. The standard InChI is InChI=1S/C11H21N3O2/c1-9(2)4-5-14-7-10(12-13-14)6-11(15)8-16-3/h7,9,11,15H,4-6,8H2,1-3H3/t11-/m0/s1. The lowest BCUT2D eigenvalue weighted by atomic mass is 10.1. The van der Waals surface area contributed by atoms with Crippen molar-refractivity contribution >= 4 is 0 Å². The van der Waals surface area contributed by atoms with Gasteiger partial charge in [0.2, 0.25) is 0 Å².